The second-order valence-corrected chi connectivity index (χ2v) is 14.1. The Morgan fingerprint density at radius 3 is 2.36 bits per heavy atom. The van der Waals surface area contributed by atoms with Crippen LogP contribution in [0.4, 0.5) is 14.0 Å². The zero-order valence-electron chi connectivity index (χ0n) is 25.1. The van der Waals surface area contributed by atoms with E-state index >= 15 is 0 Å². The smallest absolute Gasteiger partial charge is 0.408 e. The number of aromatic nitrogens is 1. The summed E-state index contributed by atoms with van der Waals surface area (Å²) < 4.78 is 49.8. The molecule has 0 unspecified atom stereocenters. The molecule has 0 saturated carbocycles. The largest absolute Gasteiger partial charge is 0.444 e. The standard InChI is InChI=1S/C28H42FN5O7S/c1-18-17-33(24(35)21(32-26(37)41-28(5,6)7)16-31-25(36)40-27(2,3)4)12-9-13-34(18)42(38,39)22-11-8-10-19-14-30-15-20(29)23(19)22/h8,10-11,14-15,18,21,38-39H,9,12-13,16-17H2,1-7H3,(H,31,36)(H,32,37)/t18-,21-/m0/s1. The number of ether oxygens (including phenoxy) is 2. The van der Waals surface area contributed by atoms with E-state index in [-0.39, 0.29) is 36.5 Å². The lowest BCUT2D eigenvalue weighted by molar-refractivity contribution is -0.133. The van der Waals surface area contributed by atoms with Gasteiger partial charge in [0.25, 0.3) is 0 Å². The van der Waals surface area contributed by atoms with E-state index in [1.807, 2.05) is 0 Å². The number of pyridine rings is 1. The molecule has 42 heavy (non-hydrogen) atoms. The highest BCUT2D eigenvalue weighted by molar-refractivity contribution is 8.22. The minimum Gasteiger partial charge on any atom is -0.444 e. The zero-order valence-corrected chi connectivity index (χ0v) is 26.0. The van der Waals surface area contributed by atoms with Crippen molar-refractivity contribution in [3.63, 3.8) is 0 Å². The minimum absolute atomic E-state index is 0.0394. The first kappa shape index (κ1) is 33.3. The summed E-state index contributed by atoms with van der Waals surface area (Å²) in [7, 11) is -3.67. The summed E-state index contributed by atoms with van der Waals surface area (Å²) in [6.07, 6.45) is 1.24. The van der Waals surface area contributed by atoms with Crippen LogP contribution < -0.4 is 10.6 Å². The van der Waals surface area contributed by atoms with E-state index in [2.05, 4.69) is 15.6 Å². The molecule has 0 radical (unpaired) electrons. The molecule has 2 heterocycles. The van der Waals surface area contributed by atoms with Crippen LogP contribution in [0.2, 0.25) is 0 Å². The van der Waals surface area contributed by atoms with Crippen molar-refractivity contribution in [1.82, 2.24) is 24.8 Å². The third-order valence-corrected chi connectivity index (χ3v) is 8.38. The maximum atomic E-state index is 14.8. The Morgan fingerprint density at radius 2 is 1.71 bits per heavy atom. The maximum absolute atomic E-state index is 14.8. The monoisotopic (exact) mass is 611 g/mol. The second kappa shape index (κ2) is 13.0. The summed E-state index contributed by atoms with van der Waals surface area (Å²) in [5, 5.41) is 5.57. The van der Waals surface area contributed by atoms with Gasteiger partial charge in [0.1, 0.15) is 17.2 Å². The maximum Gasteiger partial charge on any atom is 0.408 e. The number of alkyl carbamates (subject to hydrolysis) is 2. The van der Waals surface area contributed by atoms with Crippen LogP contribution in [0.5, 0.6) is 0 Å². The summed E-state index contributed by atoms with van der Waals surface area (Å²) in [4.78, 5) is 44.0. The molecule has 14 heteroatoms. The number of carbonyl (C=O) groups is 3. The first-order valence-corrected chi connectivity index (χ1v) is 15.2. The normalized spacial score (nSPS) is 18.1. The number of rotatable bonds is 6. The zero-order chi connectivity index (χ0) is 31.5. The fraction of sp³-hybridized carbons (Fsp3) is 0.571. The van der Waals surface area contributed by atoms with Gasteiger partial charge in [-0.25, -0.2) is 14.0 Å². The van der Waals surface area contributed by atoms with Gasteiger partial charge < -0.3 is 25.0 Å². The Morgan fingerprint density at radius 1 is 1.07 bits per heavy atom. The van der Waals surface area contributed by atoms with Gasteiger partial charge in [0.2, 0.25) is 5.91 Å². The van der Waals surface area contributed by atoms with Crippen molar-refractivity contribution in [2.45, 2.75) is 83.1 Å². The number of hydrogen-bond acceptors (Lipinski definition) is 9. The van der Waals surface area contributed by atoms with Crippen molar-refractivity contribution in [2.24, 2.45) is 0 Å². The number of nitrogens with one attached hydrogen (secondary N) is 2. The Kier molecular flexibility index (Phi) is 10.3. The highest BCUT2D eigenvalue weighted by Crippen LogP contribution is 2.55. The van der Waals surface area contributed by atoms with Crippen molar-refractivity contribution < 1.29 is 37.4 Å². The van der Waals surface area contributed by atoms with Crippen molar-refractivity contribution in [3.05, 3.63) is 36.4 Å². The van der Waals surface area contributed by atoms with E-state index in [9.17, 15) is 27.9 Å². The average Bonchev–Trinajstić information content (AvgIpc) is 3.05. The predicted molar refractivity (Wildman–Crippen MR) is 158 cm³/mol. The van der Waals surface area contributed by atoms with Crippen LogP contribution in [-0.2, 0) is 14.3 Å². The molecule has 3 amide bonds. The van der Waals surface area contributed by atoms with Gasteiger partial charge in [0, 0.05) is 42.6 Å². The number of hydrogen-bond donors (Lipinski definition) is 4. The van der Waals surface area contributed by atoms with E-state index in [0.29, 0.717) is 11.8 Å². The van der Waals surface area contributed by atoms with Crippen LogP contribution in [0.1, 0.15) is 54.9 Å². The highest BCUT2D eigenvalue weighted by atomic mass is 32.3. The first-order valence-electron chi connectivity index (χ1n) is 13.7. The van der Waals surface area contributed by atoms with E-state index in [1.54, 1.807) is 60.6 Å². The molecule has 4 N–H and O–H groups in total. The molecule has 1 fully saturated rings. The molecule has 0 aliphatic carbocycles. The van der Waals surface area contributed by atoms with Crippen LogP contribution in [0.25, 0.3) is 10.8 Å². The molecule has 1 saturated heterocycles. The third kappa shape index (κ3) is 8.66. The van der Waals surface area contributed by atoms with E-state index in [0.717, 1.165) is 6.20 Å². The molecular weight excluding hydrogens is 569 g/mol. The van der Waals surface area contributed by atoms with Gasteiger partial charge in [-0.3, -0.25) is 18.9 Å². The molecule has 1 aliphatic heterocycles. The molecular formula is C28H42FN5O7S. The van der Waals surface area contributed by atoms with Gasteiger partial charge >= 0.3 is 12.2 Å². The Labute approximate surface area is 247 Å². The summed E-state index contributed by atoms with van der Waals surface area (Å²) in [5.41, 5.74) is -1.59. The number of fused-ring (bicyclic) bond motifs is 1. The Bertz CT molecular complexity index is 1290. The molecule has 0 bridgehead atoms. The van der Waals surface area contributed by atoms with Crippen LogP contribution in [0.3, 0.4) is 0 Å². The van der Waals surface area contributed by atoms with Gasteiger partial charge in [0.05, 0.1) is 17.6 Å². The summed E-state index contributed by atoms with van der Waals surface area (Å²) in [6, 6.07) is 2.97. The molecule has 3 rings (SSSR count). The molecule has 1 aromatic carbocycles. The number of amides is 3. The van der Waals surface area contributed by atoms with Crippen LogP contribution in [0.15, 0.2) is 35.5 Å². The lowest BCUT2D eigenvalue weighted by Crippen LogP contribution is -2.56. The fourth-order valence-electron chi connectivity index (χ4n) is 4.60. The Hall–Kier alpha value is -3.20. The minimum atomic E-state index is -3.67. The second-order valence-electron chi connectivity index (χ2n) is 12.2. The number of nitrogens with zero attached hydrogens (tertiary/aromatic N) is 3. The van der Waals surface area contributed by atoms with E-state index < -0.39 is 58.0 Å². The topological polar surface area (TPSA) is 154 Å². The SMILES string of the molecule is C[C@H]1CN(C(=O)[C@H](CNC(=O)OC(C)(C)C)NC(=O)OC(C)(C)C)CCCN1S(O)(O)c1cccc2cncc(F)c12. The molecule has 0 spiro atoms. The quantitative estimate of drug-likeness (QED) is 0.363. The summed E-state index contributed by atoms with van der Waals surface area (Å²) in [5.74, 6) is -1.17. The Balaban J connectivity index is 1.81. The molecule has 1 aromatic heterocycles. The van der Waals surface area contributed by atoms with Gasteiger partial charge in [-0.2, -0.15) is 4.31 Å². The van der Waals surface area contributed by atoms with E-state index in [4.69, 9.17) is 9.47 Å². The molecule has 1 aliphatic rings. The van der Waals surface area contributed by atoms with Crippen LogP contribution in [-0.4, -0.2) is 90.9 Å². The molecule has 2 aromatic rings. The third-order valence-electron chi connectivity index (χ3n) is 6.25. The van der Waals surface area contributed by atoms with Crippen LogP contribution >= 0.6 is 10.8 Å². The lowest BCUT2D eigenvalue weighted by atomic mass is 10.2. The number of carbonyl (C=O) groups excluding carboxylic acids is 3. The molecule has 2 atom stereocenters. The molecule has 12 nitrogen and oxygen atoms in total. The average molecular weight is 612 g/mol. The van der Waals surface area contributed by atoms with Gasteiger partial charge in [0.15, 0.2) is 5.82 Å². The van der Waals surface area contributed by atoms with Crippen molar-refractivity contribution in [1.29, 1.82) is 0 Å². The van der Waals surface area contributed by atoms with Gasteiger partial charge in [-0.05, 0) is 61.0 Å². The van der Waals surface area contributed by atoms with E-state index in [1.165, 1.54) is 21.5 Å². The first-order chi connectivity index (χ1) is 19.4. The number of benzene rings is 1. The van der Waals surface area contributed by atoms with Crippen molar-refractivity contribution >= 4 is 39.6 Å². The van der Waals surface area contributed by atoms with Crippen LogP contribution in [0, 0.1) is 5.82 Å². The highest BCUT2D eigenvalue weighted by Gasteiger charge is 2.37. The fourth-order valence-corrected chi connectivity index (χ4v) is 6.56. The molecule has 234 valence electrons. The van der Waals surface area contributed by atoms with Crippen molar-refractivity contribution in [3.8, 4) is 0 Å². The predicted octanol–water partition coefficient (Wildman–Crippen LogP) is 4.74. The summed E-state index contributed by atoms with van der Waals surface area (Å²) in [6.45, 7) is 12.1. The summed E-state index contributed by atoms with van der Waals surface area (Å²) >= 11 is 0. The number of halogens is 1. The van der Waals surface area contributed by atoms with Crippen molar-refractivity contribution in [2.75, 3.05) is 26.2 Å². The lowest BCUT2D eigenvalue weighted by Gasteiger charge is -2.46. The van der Waals surface area contributed by atoms with Gasteiger partial charge in [-0.1, -0.05) is 12.1 Å². The van der Waals surface area contributed by atoms with Gasteiger partial charge in [-0.15, -0.1) is 10.8 Å².